The van der Waals surface area contributed by atoms with Crippen LogP contribution >= 0.6 is 0 Å². The summed E-state index contributed by atoms with van der Waals surface area (Å²) in [6.45, 7) is 7.18. The highest BCUT2D eigenvalue weighted by atomic mass is 16.3. The summed E-state index contributed by atoms with van der Waals surface area (Å²) in [5.74, 6) is 0.426. The van der Waals surface area contributed by atoms with Crippen LogP contribution in [0.4, 0.5) is 0 Å². The molecule has 0 spiro atoms. The molecule has 0 atom stereocenters. The Morgan fingerprint density at radius 1 is 0.880 bits per heavy atom. The Labute approximate surface area is 152 Å². The molecule has 2 heteroatoms. The van der Waals surface area contributed by atoms with Crippen LogP contribution in [-0.2, 0) is 12.0 Å². The predicted octanol–water partition coefficient (Wildman–Crippen LogP) is 5.48. The van der Waals surface area contributed by atoms with Crippen LogP contribution in [0.5, 0.6) is 5.75 Å². The Kier molecular flexibility index (Phi) is 5.80. The fourth-order valence-electron chi connectivity index (χ4n) is 4.35. The van der Waals surface area contributed by atoms with E-state index in [4.69, 9.17) is 0 Å². The van der Waals surface area contributed by atoms with Crippen LogP contribution in [-0.4, -0.2) is 23.1 Å². The van der Waals surface area contributed by atoms with Crippen molar-refractivity contribution in [3.05, 3.63) is 65.2 Å². The van der Waals surface area contributed by atoms with Gasteiger partial charge in [0, 0.05) is 17.5 Å². The maximum absolute atomic E-state index is 10.4. The van der Waals surface area contributed by atoms with E-state index in [1.807, 2.05) is 6.07 Å². The van der Waals surface area contributed by atoms with Crippen LogP contribution in [0.25, 0.3) is 0 Å². The van der Waals surface area contributed by atoms with Crippen LogP contribution in [0.15, 0.2) is 48.5 Å². The second kappa shape index (κ2) is 8.05. The fourth-order valence-corrected chi connectivity index (χ4v) is 4.35. The molecular formula is C23H31NO. The van der Waals surface area contributed by atoms with Crippen molar-refractivity contribution in [2.45, 2.75) is 57.9 Å². The first-order valence-electron chi connectivity index (χ1n) is 9.80. The zero-order valence-electron chi connectivity index (χ0n) is 15.7. The number of benzene rings is 2. The molecule has 3 rings (SSSR count). The van der Waals surface area contributed by atoms with Crippen molar-refractivity contribution in [1.82, 2.24) is 4.90 Å². The van der Waals surface area contributed by atoms with Gasteiger partial charge in [0.1, 0.15) is 5.75 Å². The summed E-state index contributed by atoms with van der Waals surface area (Å²) in [6, 6.07) is 17.3. The number of rotatable bonds is 6. The third kappa shape index (κ3) is 3.74. The minimum absolute atomic E-state index is 0.102. The average molecular weight is 338 g/mol. The summed E-state index contributed by atoms with van der Waals surface area (Å²) in [7, 11) is 0. The molecule has 1 saturated carbocycles. The molecule has 2 nitrogen and oxygen atoms in total. The normalized spacial score (nSPS) is 16.9. The molecule has 0 saturated heterocycles. The first-order valence-corrected chi connectivity index (χ1v) is 9.80. The first-order chi connectivity index (χ1) is 12.2. The maximum Gasteiger partial charge on any atom is 0.120 e. The summed E-state index contributed by atoms with van der Waals surface area (Å²) in [5.41, 5.74) is 3.96. The van der Waals surface area contributed by atoms with E-state index in [1.165, 1.54) is 43.2 Å². The van der Waals surface area contributed by atoms with Crippen molar-refractivity contribution in [2.24, 2.45) is 0 Å². The van der Waals surface area contributed by atoms with Gasteiger partial charge in [-0.25, -0.2) is 0 Å². The fraction of sp³-hybridized carbons (Fsp3) is 0.478. The standard InChI is InChI=1S/C23H31NO/c1-3-24(4-2)18-19-17-21(13-14-22(19)25)23(15-9-6-10-16-23)20-11-7-5-8-12-20/h5,7-8,11-14,17,25H,3-4,6,9-10,15-16,18H2,1-2H3. The molecule has 1 N–H and O–H groups in total. The van der Waals surface area contributed by atoms with E-state index in [0.29, 0.717) is 5.75 Å². The molecule has 1 aliphatic carbocycles. The van der Waals surface area contributed by atoms with Gasteiger partial charge in [-0.2, -0.15) is 0 Å². The van der Waals surface area contributed by atoms with Crippen LogP contribution < -0.4 is 0 Å². The van der Waals surface area contributed by atoms with E-state index >= 15 is 0 Å². The molecule has 0 bridgehead atoms. The molecule has 0 radical (unpaired) electrons. The maximum atomic E-state index is 10.4. The smallest absolute Gasteiger partial charge is 0.120 e. The van der Waals surface area contributed by atoms with Crippen molar-refractivity contribution >= 4 is 0 Å². The van der Waals surface area contributed by atoms with E-state index in [1.54, 1.807) is 0 Å². The second-order valence-corrected chi connectivity index (χ2v) is 7.31. The average Bonchev–Trinajstić information content (AvgIpc) is 2.68. The molecule has 134 valence electrons. The molecule has 2 aromatic carbocycles. The molecule has 25 heavy (non-hydrogen) atoms. The zero-order chi connectivity index (χ0) is 17.7. The minimum atomic E-state index is 0.102. The van der Waals surface area contributed by atoms with Crippen molar-refractivity contribution in [3.8, 4) is 5.75 Å². The van der Waals surface area contributed by atoms with Crippen molar-refractivity contribution < 1.29 is 5.11 Å². The summed E-state index contributed by atoms with van der Waals surface area (Å²) in [5, 5.41) is 10.4. The summed E-state index contributed by atoms with van der Waals surface area (Å²) in [6.07, 6.45) is 6.29. The van der Waals surface area contributed by atoms with Gasteiger partial charge in [0.25, 0.3) is 0 Å². The lowest BCUT2D eigenvalue weighted by Gasteiger charge is -2.39. The molecule has 2 aromatic rings. The lowest BCUT2D eigenvalue weighted by atomic mass is 9.65. The van der Waals surface area contributed by atoms with Gasteiger partial charge in [-0.3, -0.25) is 4.90 Å². The van der Waals surface area contributed by atoms with E-state index in [0.717, 1.165) is 25.2 Å². The quantitative estimate of drug-likeness (QED) is 0.754. The van der Waals surface area contributed by atoms with Crippen LogP contribution in [0, 0.1) is 0 Å². The largest absolute Gasteiger partial charge is 0.508 e. The summed E-state index contributed by atoms with van der Waals surface area (Å²) < 4.78 is 0. The molecule has 1 aliphatic rings. The zero-order valence-corrected chi connectivity index (χ0v) is 15.7. The number of phenolic OH excluding ortho intramolecular Hbond substituents is 1. The monoisotopic (exact) mass is 337 g/mol. The van der Waals surface area contributed by atoms with Gasteiger partial charge in [-0.15, -0.1) is 0 Å². The molecule has 0 unspecified atom stereocenters. The van der Waals surface area contributed by atoms with Crippen molar-refractivity contribution in [2.75, 3.05) is 13.1 Å². The second-order valence-electron chi connectivity index (χ2n) is 7.31. The molecule has 0 amide bonds. The predicted molar refractivity (Wildman–Crippen MR) is 105 cm³/mol. The number of aromatic hydroxyl groups is 1. The summed E-state index contributed by atoms with van der Waals surface area (Å²) in [4.78, 5) is 2.36. The van der Waals surface area contributed by atoms with E-state index < -0.39 is 0 Å². The van der Waals surface area contributed by atoms with Gasteiger partial charge in [0.15, 0.2) is 0 Å². The van der Waals surface area contributed by atoms with E-state index in [-0.39, 0.29) is 5.41 Å². The van der Waals surface area contributed by atoms with Gasteiger partial charge in [0.05, 0.1) is 0 Å². The molecular weight excluding hydrogens is 306 g/mol. The molecule has 0 aromatic heterocycles. The lowest BCUT2D eigenvalue weighted by molar-refractivity contribution is 0.290. The van der Waals surface area contributed by atoms with E-state index in [9.17, 15) is 5.11 Å². The van der Waals surface area contributed by atoms with Gasteiger partial charge in [-0.05, 0) is 49.2 Å². The lowest BCUT2D eigenvalue weighted by Crippen LogP contribution is -2.31. The number of hydrogen-bond acceptors (Lipinski definition) is 2. The highest BCUT2D eigenvalue weighted by Crippen LogP contribution is 2.45. The Morgan fingerprint density at radius 3 is 2.20 bits per heavy atom. The molecule has 0 heterocycles. The Hall–Kier alpha value is -1.80. The third-order valence-corrected chi connectivity index (χ3v) is 5.95. The van der Waals surface area contributed by atoms with Gasteiger partial charge >= 0.3 is 0 Å². The van der Waals surface area contributed by atoms with Gasteiger partial charge in [-0.1, -0.05) is 69.5 Å². The molecule has 0 aliphatic heterocycles. The van der Waals surface area contributed by atoms with Crippen molar-refractivity contribution in [1.29, 1.82) is 0 Å². The first kappa shape index (κ1) is 18.0. The van der Waals surface area contributed by atoms with E-state index in [2.05, 4.69) is 61.2 Å². The van der Waals surface area contributed by atoms with Gasteiger partial charge in [0.2, 0.25) is 0 Å². The van der Waals surface area contributed by atoms with Gasteiger partial charge < -0.3 is 5.11 Å². The molecule has 1 fully saturated rings. The minimum Gasteiger partial charge on any atom is -0.508 e. The third-order valence-electron chi connectivity index (χ3n) is 5.95. The highest BCUT2D eigenvalue weighted by molar-refractivity contribution is 5.45. The van der Waals surface area contributed by atoms with Crippen LogP contribution in [0.3, 0.4) is 0 Å². The Bertz CT molecular complexity index is 670. The summed E-state index contributed by atoms with van der Waals surface area (Å²) >= 11 is 0. The Morgan fingerprint density at radius 2 is 1.56 bits per heavy atom. The Balaban J connectivity index is 2.02. The number of phenols is 1. The SMILES string of the molecule is CCN(CC)Cc1cc(C2(c3ccccc3)CCCCC2)ccc1O. The van der Waals surface area contributed by atoms with Crippen LogP contribution in [0.1, 0.15) is 62.6 Å². The number of nitrogens with zero attached hydrogens (tertiary/aromatic N) is 1. The van der Waals surface area contributed by atoms with Crippen molar-refractivity contribution in [3.63, 3.8) is 0 Å². The number of hydrogen-bond donors (Lipinski definition) is 1. The topological polar surface area (TPSA) is 23.5 Å². The van der Waals surface area contributed by atoms with Crippen LogP contribution in [0.2, 0.25) is 0 Å². The highest BCUT2D eigenvalue weighted by Gasteiger charge is 2.35.